The van der Waals surface area contributed by atoms with Gasteiger partial charge in [-0.2, -0.15) is 0 Å². The van der Waals surface area contributed by atoms with Crippen LogP contribution in [0.5, 0.6) is 0 Å². The third-order valence-corrected chi connectivity index (χ3v) is 4.43. The highest BCUT2D eigenvalue weighted by Crippen LogP contribution is 2.65. The fourth-order valence-electron chi connectivity index (χ4n) is 2.67. The van der Waals surface area contributed by atoms with E-state index in [0.29, 0.717) is 5.41 Å². The quantitative estimate of drug-likeness (QED) is 0.607. The molecule has 2 rings (SSSR count). The summed E-state index contributed by atoms with van der Waals surface area (Å²) < 4.78 is 0. The number of aldehydes is 1. The molecule has 0 heterocycles. The van der Waals surface area contributed by atoms with Crippen molar-refractivity contribution in [3.63, 3.8) is 0 Å². The Balaban J connectivity index is 1.82. The average molecular weight is 180 g/mol. The van der Waals surface area contributed by atoms with E-state index in [1.807, 2.05) is 0 Å². The van der Waals surface area contributed by atoms with Gasteiger partial charge in [-0.3, -0.25) is 0 Å². The molecule has 0 spiro atoms. The van der Waals surface area contributed by atoms with E-state index in [-0.39, 0.29) is 5.41 Å². The van der Waals surface area contributed by atoms with Gasteiger partial charge in [-0.15, -0.1) is 0 Å². The van der Waals surface area contributed by atoms with Crippen LogP contribution in [0.3, 0.4) is 0 Å². The molecule has 0 bridgehead atoms. The smallest absolute Gasteiger partial charge is 0.126 e. The van der Waals surface area contributed by atoms with Crippen LogP contribution >= 0.6 is 0 Å². The van der Waals surface area contributed by atoms with Crippen LogP contribution < -0.4 is 0 Å². The summed E-state index contributed by atoms with van der Waals surface area (Å²) in [6, 6.07) is 0. The maximum atomic E-state index is 11.0. The number of carbonyl (C=O) groups is 1. The Bertz CT molecular complexity index is 215. The van der Waals surface area contributed by atoms with Crippen LogP contribution in [0.2, 0.25) is 0 Å². The largest absolute Gasteiger partial charge is 0.303 e. The first-order chi connectivity index (χ1) is 6.10. The van der Waals surface area contributed by atoms with Crippen molar-refractivity contribution in [1.82, 2.24) is 0 Å². The summed E-state index contributed by atoms with van der Waals surface area (Å²) in [4.78, 5) is 11.0. The molecule has 0 saturated heterocycles. The van der Waals surface area contributed by atoms with E-state index < -0.39 is 0 Å². The molecule has 2 aliphatic rings. The predicted molar refractivity (Wildman–Crippen MR) is 53.5 cm³/mol. The minimum atomic E-state index is 0.0720. The summed E-state index contributed by atoms with van der Waals surface area (Å²) in [5.74, 6) is 0.952. The zero-order chi connectivity index (χ0) is 9.53. The molecule has 1 unspecified atom stereocenters. The first-order valence-corrected chi connectivity index (χ1v) is 5.56. The highest BCUT2D eigenvalue weighted by atomic mass is 16.1. The van der Waals surface area contributed by atoms with Gasteiger partial charge in [0.1, 0.15) is 6.29 Å². The molecule has 0 N–H and O–H groups in total. The fourth-order valence-corrected chi connectivity index (χ4v) is 2.67. The third kappa shape index (κ3) is 1.43. The second kappa shape index (κ2) is 2.83. The van der Waals surface area contributed by atoms with Gasteiger partial charge < -0.3 is 4.79 Å². The van der Waals surface area contributed by atoms with Crippen molar-refractivity contribution in [1.29, 1.82) is 0 Å². The molecule has 0 aromatic rings. The summed E-state index contributed by atoms with van der Waals surface area (Å²) in [5, 5.41) is 0. The van der Waals surface area contributed by atoms with Crippen molar-refractivity contribution in [3.8, 4) is 0 Å². The maximum absolute atomic E-state index is 11.0. The van der Waals surface area contributed by atoms with Crippen LogP contribution in [-0.2, 0) is 4.79 Å². The molecular weight excluding hydrogens is 160 g/mol. The van der Waals surface area contributed by atoms with E-state index in [0.717, 1.165) is 18.8 Å². The number of carbonyl (C=O) groups excluding carboxylic acids is 1. The summed E-state index contributed by atoms with van der Waals surface area (Å²) in [6.07, 6.45) is 9.03. The molecule has 2 fully saturated rings. The lowest BCUT2D eigenvalue weighted by Gasteiger charge is -2.27. The molecule has 1 nitrogen and oxygen atoms in total. The van der Waals surface area contributed by atoms with Crippen molar-refractivity contribution < 1.29 is 4.79 Å². The lowest BCUT2D eigenvalue weighted by molar-refractivity contribution is -0.113. The van der Waals surface area contributed by atoms with Crippen molar-refractivity contribution in [2.45, 2.75) is 52.4 Å². The third-order valence-electron chi connectivity index (χ3n) is 4.43. The van der Waals surface area contributed by atoms with Crippen molar-refractivity contribution in [2.75, 3.05) is 0 Å². The molecule has 0 aromatic carbocycles. The van der Waals surface area contributed by atoms with E-state index in [4.69, 9.17) is 0 Å². The number of hydrogen-bond acceptors (Lipinski definition) is 1. The Kier molecular flexibility index (Phi) is 2.01. The fraction of sp³-hybridized carbons (Fsp3) is 0.917. The Morgan fingerprint density at radius 2 is 2.00 bits per heavy atom. The molecule has 1 heteroatoms. The first-order valence-electron chi connectivity index (χ1n) is 5.56. The summed E-state index contributed by atoms with van der Waals surface area (Å²) in [6.45, 7) is 4.45. The van der Waals surface area contributed by atoms with Crippen molar-refractivity contribution in [2.24, 2.45) is 16.7 Å². The van der Waals surface area contributed by atoms with E-state index in [9.17, 15) is 4.79 Å². The molecule has 13 heavy (non-hydrogen) atoms. The Labute approximate surface area is 80.9 Å². The molecule has 0 aromatic heterocycles. The monoisotopic (exact) mass is 180 g/mol. The molecule has 2 saturated carbocycles. The lowest BCUT2D eigenvalue weighted by Crippen LogP contribution is -2.16. The van der Waals surface area contributed by atoms with Crippen LogP contribution in [0.4, 0.5) is 0 Å². The second-order valence-electron chi connectivity index (χ2n) is 5.67. The van der Waals surface area contributed by atoms with Gasteiger partial charge in [-0.25, -0.2) is 0 Å². The van der Waals surface area contributed by atoms with Crippen LogP contribution in [0.15, 0.2) is 0 Å². The van der Waals surface area contributed by atoms with Crippen molar-refractivity contribution >= 4 is 6.29 Å². The van der Waals surface area contributed by atoms with Gasteiger partial charge in [0.15, 0.2) is 0 Å². The summed E-state index contributed by atoms with van der Waals surface area (Å²) in [7, 11) is 0. The van der Waals surface area contributed by atoms with E-state index in [1.54, 1.807) is 0 Å². The Morgan fingerprint density at radius 1 is 1.38 bits per heavy atom. The van der Waals surface area contributed by atoms with E-state index in [2.05, 4.69) is 13.8 Å². The van der Waals surface area contributed by atoms with Gasteiger partial charge in [0.05, 0.1) is 0 Å². The normalized spacial score (nSPS) is 36.8. The predicted octanol–water partition coefficient (Wildman–Crippen LogP) is 3.18. The minimum absolute atomic E-state index is 0.0720. The number of hydrogen-bond donors (Lipinski definition) is 0. The maximum Gasteiger partial charge on any atom is 0.126 e. The minimum Gasteiger partial charge on any atom is -0.303 e. The van der Waals surface area contributed by atoms with E-state index in [1.165, 1.54) is 32.0 Å². The van der Waals surface area contributed by atoms with Gasteiger partial charge in [0.25, 0.3) is 0 Å². The van der Waals surface area contributed by atoms with E-state index >= 15 is 0 Å². The molecule has 74 valence electrons. The van der Waals surface area contributed by atoms with Gasteiger partial charge in [0.2, 0.25) is 0 Å². The highest BCUT2D eigenvalue weighted by Gasteiger charge is 2.60. The molecule has 0 radical (unpaired) electrons. The number of rotatable bonds is 4. The zero-order valence-corrected chi connectivity index (χ0v) is 8.81. The van der Waals surface area contributed by atoms with Crippen LogP contribution in [0.1, 0.15) is 52.4 Å². The van der Waals surface area contributed by atoms with Gasteiger partial charge in [-0.05, 0) is 30.6 Å². The SMILES string of the molecule is CC1(C)CC1(C=O)CCC1CCC1. The van der Waals surface area contributed by atoms with Crippen LogP contribution in [0, 0.1) is 16.7 Å². The lowest BCUT2D eigenvalue weighted by atomic mass is 9.79. The topological polar surface area (TPSA) is 17.1 Å². The molecule has 0 aliphatic heterocycles. The van der Waals surface area contributed by atoms with Gasteiger partial charge in [0, 0.05) is 5.41 Å². The highest BCUT2D eigenvalue weighted by molar-refractivity contribution is 5.66. The first kappa shape index (κ1) is 9.23. The summed E-state index contributed by atoms with van der Waals surface area (Å²) >= 11 is 0. The van der Waals surface area contributed by atoms with Crippen LogP contribution in [0.25, 0.3) is 0 Å². The molecule has 0 amide bonds. The molecule has 2 aliphatic carbocycles. The standard InChI is InChI=1S/C12H20O/c1-11(2)8-12(11,9-13)7-6-10-4-3-5-10/h9-10H,3-8H2,1-2H3. The second-order valence-corrected chi connectivity index (χ2v) is 5.67. The van der Waals surface area contributed by atoms with Crippen LogP contribution in [-0.4, -0.2) is 6.29 Å². The molecular formula is C12H20O. The van der Waals surface area contributed by atoms with Crippen molar-refractivity contribution in [3.05, 3.63) is 0 Å². The van der Waals surface area contributed by atoms with Gasteiger partial charge in [-0.1, -0.05) is 33.1 Å². The van der Waals surface area contributed by atoms with Gasteiger partial charge >= 0.3 is 0 Å². The zero-order valence-electron chi connectivity index (χ0n) is 8.81. The Morgan fingerprint density at radius 3 is 2.31 bits per heavy atom. The average Bonchev–Trinajstić information content (AvgIpc) is 2.51. The summed E-state index contributed by atoms with van der Waals surface area (Å²) in [5.41, 5.74) is 0.376. The molecule has 1 atom stereocenters. The Hall–Kier alpha value is -0.330.